The third kappa shape index (κ3) is 4.41. The smallest absolute Gasteiger partial charge is 0.387 e. The van der Waals surface area contributed by atoms with Gasteiger partial charge < -0.3 is 20.7 Å². The molecule has 0 bridgehead atoms. The van der Waals surface area contributed by atoms with Gasteiger partial charge in [-0.05, 0) is 30.7 Å². The fraction of sp³-hybridized carbons (Fsp3) is 0.500. The predicted molar refractivity (Wildman–Crippen MR) is 106 cm³/mol. The molecule has 0 saturated carbocycles. The number of nitrogens with zero attached hydrogens (tertiary/aromatic N) is 3. The van der Waals surface area contributed by atoms with Crippen molar-refractivity contribution in [2.24, 2.45) is 0 Å². The fourth-order valence-electron chi connectivity index (χ4n) is 3.53. The lowest BCUT2D eigenvalue weighted by molar-refractivity contribution is -0.0989. The number of aliphatic hydroxyl groups excluding tert-OH is 1. The van der Waals surface area contributed by atoms with Crippen LogP contribution in [0.2, 0.25) is 0 Å². The molecule has 12 nitrogen and oxygen atoms in total. The van der Waals surface area contributed by atoms with Crippen molar-refractivity contribution in [1.82, 2.24) is 14.5 Å². The molecule has 0 radical (unpaired) electrons. The van der Waals surface area contributed by atoms with E-state index in [2.05, 4.69) is 9.97 Å². The molecule has 2 fully saturated rings. The first-order valence-electron chi connectivity index (χ1n) is 9.57. The number of rotatable bonds is 5. The summed E-state index contributed by atoms with van der Waals surface area (Å²) in [5.41, 5.74) is 3.64. The number of anilines is 1. The molecule has 6 atom stereocenters. The van der Waals surface area contributed by atoms with E-state index in [9.17, 15) is 19.6 Å². The number of aromatic nitrogens is 3. The van der Waals surface area contributed by atoms with Gasteiger partial charge >= 0.3 is 13.5 Å². The molecule has 2 aliphatic rings. The van der Waals surface area contributed by atoms with Crippen molar-refractivity contribution in [3.8, 4) is 0 Å². The van der Waals surface area contributed by atoms with Crippen LogP contribution >= 0.6 is 7.82 Å². The number of ether oxygens (including phenoxy) is 1. The average molecular weight is 454 g/mol. The number of pyridine rings is 1. The van der Waals surface area contributed by atoms with E-state index in [0.717, 1.165) is 10.1 Å². The maximum atomic E-state index is 12.9. The topological polar surface area (TPSA) is 168 Å². The molecule has 0 aliphatic carbocycles. The van der Waals surface area contributed by atoms with Gasteiger partial charge in [-0.1, -0.05) is 0 Å². The molecule has 4 heterocycles. The number of phosphoric ester groups is 1. The highest BCUT2D eigenvalue weighted by Crippen LogP contribution is 2.57. The van der Waals surface area contributed by atoms with Crippen LogP contribution in [0, 0.1) is 0 Å². The highest BCUT2D eigenvalue weighted by Gasteiger charge is 2.54. The van der Waals surface area contributed by atoms with Crippen molar-refractivity contribution in [1.29, 1.82) is 0 Å². The number of nitrogens with two attached hydrogens (primary N) is 1. The van der Waals surface area contributed by atoms with Crippen molar-refractivity contribution in [3.05, 3.63) is 52.8 Å². The summed E-state index contributed by atoms with van der Waals surface area (Å²) in [6.45, 7) is 1.04. The number of aliphatic hydroxyl groups is 2. The minimum absolute atomic E-state index is 0.00719. The maximum absolute atomic E-state index is 12.9. The van der Waals surface area contributed by atoms with Crippen LogP contribution in [0.15, 0.2) is 41.6 Å². The van der Waals surface area contributed by atoms with Crippen LogP contribution < -0.4 is 11.4 Å². The van der Waals surface area contributed by atoms with Crippen molar-refractivity contribution < 1.29 is 33.1 Å². The van der Waals surface area contributed by atoms with Crippen molar-refractivity contribution in [2.75, 3.05) is 18.9 Å². The summed E-state index contributed by atoms with van der Waals surface area (Å²) in [4.78, 5) is 19.7. The molecule has 4 rings (SSSR count). The summed E-state index contributed by atoms with van der Waals surface area (Å²) < 4.78 is 35.8. The fourth-order valence-corrected chi connectivity index (χ4v) is 4.92. The Labute approximate surface area is 177 Å². The SMILES string of the molecule is C[C@@]1(O)[C@H](O)[C@@H](COP2(=O)OCC[C@@H](c3ccncc3)O2)O[C@H]1n1ccc(N)nc1=O. The quantitative estimate of drug-likeness (QED) is 0.539. The normalized spacial score (nSPS) is 35.8. The lowest BCUT2D eigenvalue weighted by Gasteiger charge is -2.30. The summed E-state index contributed by atoms with van der Waals surface area (Å²) in [5, 5.41) is 21.3. The molecule has 2 aliphatic heterocycles. The number of hydrogen-bond donors (Lipinski definition) is 3. The van der Waals surface area contributed by atoms with Gasteiger partial charge in [-0.25, -0.2) is 9.36 Å². The second-order valence-electron chi connectivity index (χ2n) is 7.48. The molecule has 31 heavy (non-hydrogen) atoms. The Hall–Kier alpha value is -2.18. The minimum atomic E-state index is -3.95. The third-order valence-corrected chi connectivity index (χ3v) is 6.70. The molecule has 0 aromatic carbocycles. The lowest BCUT2D eigenvalue weighted by Crippen LogP contribution is -2.46. The monoisotopic (exact) mass is 454 g/mol. The van der Waals surface area contributed by atoms with Crippen molar-refractivity contribution >= 4 is 13.6 Å². The van der Waals surface area contributed by atoms with Crippen molar-refractivity contribution in [3.63, 3.8) is 0 Å². The molecule has 2 saturated heterocycles. The van der Waals surface area contributed by atoms with Gasteiger partial charge in [-0.15, -0.1) is 0 Å². The van der Waals surface area contributed by atoms with E-state index in [1.54, 1.807) is 24.5 Å². The van der Waals surface area contributed by atoms with Crippen LogP contribution in [0.4, 0.5) is 5.82 Å². The number of hydrogen-bond acceptors (Lipinski definition) is 11. The predicted octanol–water partition coefficient (Wildman–Crippen LogP) is 0.533. The molecule has 2 aromatic heterocycles. The van der Waals surface area contributed by atoms with Gasteiger partial charge in [0.05, 0.1) is 19.3 Å². The first-order chi connectivity index (χ1) is 14.7. The first-order valence-corrected chi connectivity index (χ1v) is 11.0. The largest absolute Gasteiger partial charge is 0.475 e. The highest BCUT2D eigenvalue weighted by molar-refractivity contribution is 7.48. The molecule has 4 N–H and O–H groups in total. The summed E-state index contributed by atoms with van der Waals surface area (Å²) in [6, 6.07) is 4.84. The average Bonchev–Trinajstić information content (AvgIpc) is 2.96. The van der Waals surface area contributed by atoms with Gasteiger partial charge in [0.15, 0.2) is 6.23 Å². The van der Waals surface area contributed by atoms with Gasteiger partial charge in [-0.2, -0.15) is 4.98 Å². The summed E-state index contributed by atoms with van der Waals surface area (Å²) >= 11 is 0. The first kappa shape index (κ1) is 22.0. The Kier molecular flexibility index (Phi) is 5.97. The van der Waals surface area contributed by atoms with Crippen molar-refractivity contribution in [2.45, 2.75) is 43.5 Å². The summed E-state index contributed by atoms with van der Waals surface area (Å²) in [5.74, 6) is 0.00719. The summed E-state index contributed by atoms with van der Waals surface area (Å²) in [7, 11) is -3.95. The zero-order valence-corrected chi connectivity index (χ0v) is 17.5. The second-order valence-corrected chi connectivity index (χ2v) is 9.10. The van der Waals surface area contributed by atoms with Crippen LogP contribution in [0.1, 0.15) is 31.2 Å². The molecule has 1 unspecified atom stereocenters. The van der Waals surface area contributed by atoms with Crippen LogP contribution in [-0.2, 0) is 22.9 Å². The van der Waals surface area contributed by atoms with Crippen LogP contribution in [-0.4, -0.2) is 55.8 Å². The van der Waals surface area contributed by atoms with Gasteiger partial charge in [0.2, 0.25) is 0 Å². The maximum Gasteiger partial charge on any atom is 0.475 e. The zero-order chi connectivity index (χ0) is 22.2. The molecule has 0 amide bonds. The van der Waals surface area contributed by atoms with E-state index >= 15 is 0 Å². The Balaban J connectivity index is 1.46. The van der Waals surface area contributed by atoms with Crippen LogP contribution in [0.5, 0.6) is 0 Å². The number of phosphoric acid groups is 1. The molecular formula is C18H23N4O8P. The Morgan fingerprint density at radius 2 is 2.13 bits per heavy atom. The molecule has 0 spiro atoms. The Bertz CT molecular complexity index is 1030. The van der Waals surface area contributed by atoms with Crippen LogP contribution in [0.25, 0.3) is 0 Å². The Morgan fingerprint density at radius 1 is 1.39 bits per heavy atom. The van der Waals surface area contributed by atoms with Gasteiger partial charge in [0.25, 0.3) is 0 Å². The minimum Gasteiger partial charge on any atom is -0.387 e. The van der Waals surface area contributed by atoms with E-state index in [-0.39, 0.29) is 12.4 Å². The van der Waals surface area contributed by atoms with Gasteiger partial charge in [0.1, 0.15) is 23.6 Å². The third-order valence-electron chi connectivity index (χ3n) is 5.22. The van der Waals surface area contributed by atoms with Gasteiger partial charge in [0, 0.05) is 25.0 Å². The zero-order valence-electron chi connectivity index (χ0n) is 16.6. The van der Waals surface area contributed by atoms with Gasteiger partial charge in [-0.3, -0.25) is 23.1 Å². The lowest BCUT2D eigenvalue weighted by atomic mass is 9.96. The van der Waals surface area contributed by atoms with E-state index in [4.69, 9.17) is 24.0 Å². The Morgan fingerprint density at radius 3 is 2.84 bits per heavy atom. The molecular weight excluding hydrogens is 431 g/mol. The van der Waals surface area contributed by atoms with E-state index < -0.39 is 50.3 Å². The van der Waals surface area contributed by atoms with E-state index in [1.165, 1.54) is 19.2 Å². The second kappa shape index (κ2) is 8.40. The van der Waals surface area contributed by atoms with E-state index in [0.29, 0.717) is 6.42 Å². The molecule has 168 valence electrons. The molecule has 2 aromatic rings. The summed E-state index contributed by atoms with van der Waals surface area (Å²) in [6.07, 6.45) is 0.608. The number of nitrogen functional groups attached to an aromatic ring is 1. The van der Waals surface area contributed by atoms with Crippen LogP contribution in [0.3, 0.4) is 0 Å². The highest BCUT2D eigenvalue weighted by atomic mass is 31.2. The standard InChI is InChI=1S/C18H23N4O8P/c1-18(25)15(23)13(29-16(18)22-8-4-14(19)21-17(22)24)10-28-31(26)27-9-5-12(30-31)11-2-6-20-7-3-11/h2-4,6-8,12-13,15-16,23,25H,5,9-10H2,1H3,(H2,19,21,24)/t12-,13+,15+,16+,18+,31?/m0/s1. The van der Waals surface area contributed by atoms with E-state index in [1.807, 2.05) is 0 Å². The molecule has 13 heteroatoms.